The zero-order valence-corrected chi connectivity index (χ0v) is 15.8. The van der Waals surface area contributed by atoms with Crippen LogP contribution in [-0.2, 0) is 27.9 Å². The molecule has 1 N–H and O–H groups in total. The van der Waals surface area contributed by atoms with Crippen molar-refractivity contribution >= 4 is 16.1 Å². The van der Waals surface area contributed by atoms with E-state index in [0.29, 0.717) is 11.3 Å². The minimum Gasteiger partial charge on any atom is -0.497 e. The first-order valence-corrected chi connectivity index (χ1v) is 9.40. The summed E-state index contributed by atoms with van der Waals surface area (Å²) in [5, 5.41) is 8.70. The van der Waals surface area contributed by atoms with Crippen LogP contribution in [-0.4, -0.2) is 37.1 Å². The van der Waals surface area contributed by atoms with Gasteiger partial charge in [-0.25, -0.2) is 0 Å². The Bertz CT molecular complexity index is 960. The fourth-order valence-corrected chi connectivity index (χ4v) is 2.52. The zero-order chi connectivity index (χ0) is 21.7. The number of aromatic nitrogens is 1. The summed E-state index contributed by atoms with van der Waals surface area (Å²) in [5.74, 6) is -1.67. The van der Waals surface area contributed by atoms with E-state index in [2.05, 4.69) is 9.17 Å². The highest BCUT2D eigenvalue weighted by atomic mass is 32.2. The molecule has 0 aliphatic rings. The van der Waals surface area contributed by atoms with Gasteiger partial charge in [-0.2, -0.15) is 21.6 Å². The molecule has 8 nitrogen and oxygen atoms in total. The monoisotopic (exact) mass is 435 g/mol. The molecule has 29 heavy (non-hydrogen) atoms. The van der Waals surface area contributed by atoms with E-state index >= 15 is 0 Å². The van der Waals surface area contributed by atoms with E-state index in [0.717, 1.165) is 12.3 Å². The molecule has 158 valence electrons. The average molecular weight is 435 g/mol. The Balaban J connectivity index is 2.27. The van der Waals surface area contributed by atoms with Crippen molar-refractivity contribution in [3.8, 4) is 17.2 Å². The van der Waals surface area contributed by atoms with Crippen molar-refractivity contribution in [1.29, 1.82) is 0 Å². The number of halogens is 3. The van der Waals surface area contributed by atoms with Gasteiger partial charge in [0.2, 0.25) is 0 Å². The number of pyridine rings is 1. The molecule has 0 saturated heterocycles. The van der Waals surface area contributed by atoms with Crippen molar-refractivity contribution < 1.29 is 45.1 Å². The third-order valence-electron chi connectivity index (χ3n) is 3.52. The van der Waals surface area contributed by atoms with E-state index in [-0.39, 0.29) is 30.9 Å². The van der Waals surface area contributed by atoms with E-state index in [9.17, 15) is 26.4 Å². The van der Waals surface area contributed by atoms with Gasteiger partial charge >= 0.3 is 21.6 Å². The van der Waals surface area contributed by atoms with Crippen LogP contribution < -0.4 is 13.7 Å². The highest BCUT2D eigenvalue weighted by Gasteiger charge is 2.49. The lowest BCUT2D eigenvalue weighted by Crippen LogP contribution is -2.28. The number of ether oxygens (including phenoxy) is 2. The number of rotatable bonds is 9. The predicted molar refractivity (Wildman–Crippen MR) is 93.1 cm³/mol. The number of hydrogen-bond donors (Lipinski definition) is 1. The summed E-state index contributed by atoms with van der Waals surface area (Å²) in [4.78, 5) is 14.5. The molecule has 0 unspecified atom stereocenters. The zero-order valence-electron chi connectivity index (χ0n) is 15.0. The number of aryl methyl sites for hydroxylation is 1. The predicted octanol–water partition coefficient (Wildman–Crippen LogP) is 2.91. The van der Waals surface area contributed by atoms with Crippen molar-refractivity contribution in [1.82, 2.24) is 4.98 Å². The number of methoxy groups -OCH3 is 1. The molecule has 0 radical (unpaired) electrons. The SMILES string of the molecule is COc1ccc(COc2cnc(CCC(=O)O)cc2OS(=O)(=O)C(F)(F)F)cc1. The summed E-state index contributed by atoms with van der Waals surface area (Å²) in [6, 6.07) is 7.45. The summed E-state index contributed by atoms with van der Waals surface area (Å²) < 4.78 is 75.3. The van der Waals surface area contributed by atoms with Crippen LogP contribution in [0.15, 0.2) is 36.5 Å². The van der Waals surface area contributed by atoms with Crippen LogP contribution in [0.3, 0.4) is 0 Å². The Morgan fingerprint density at radius 2 is 1.83 bits per heavy atom. The van der Waals surface area contributed by atoms with Gasteiger partial charge in [-0.15, -0.1) is 0 Å². The first-order valence-electron chi connectivity index (χ1n) is 7.99. The van der Waals surface area contributed by atoms with E-state index < -0.39 is 27.3 Å². The second-order valence-electron chi connectivity index (χ2n) is 5.64. The molecule has 0 saturated carbocycles. The first kappa shape index (κ1) is 22.3. The van der Waals surface area contributed by atoms with Crippen molar-refractivity contribution in [2.24, 2.45) is 0 Å². The van der Waals surface area contributed by atoms with Crippen LogP contribution in [0.2, 0.25) is 0 Å². The normalized spacial score (nSPS) is 11.7. The van der Waals surface area contributed by atoms with Crippen LogP contribution in [0.25, 0.3) is 0 Å². The maximum absolute atomic E-state index is 12.7. The van der Waals surface area contributed by atoms with Gasteiger partial charge in [-0.3, -0.25) is 9.78 Å². The molecule has 0 spiro atoms. The van der Waals surface area contributed by atoms with E-state index in [4.69, 9.17) is 14.6 Å². The van der Waals surface area contributed by atoms with E-state index in [1.807, 2.05) is 0 Å². The van der Waals surface area contributed by atoms with Gasteiger partial charge in [0.15, 0.2) is 11.5 Å². The molecule has 0 fully saturated rings. The number of aliphatic carboxylic acids is 1. The van der Waals surface area contributed by atoms with Crippen LogP contribution in [0.5, 0.6) is 17.2 Å². The van der Waals surface area contributed by atoms with E-state index in [1.54, 1.807) is 24.3 Å². The van der Waals surface area contributed by atoms with Gasteiger partial charge in [0, 0.05) is 18.2 Å². The maximum Gasteiger partial charge on any atom is 0.534 e. The standard InChI is InChI=1S/C17H16F3NO7S/c1-26-13-5-2-11(3-6-13)10-27-15-9-21-12(4-7-16(22)23)8-14(15)28-29(24,25)17(18,19)20/h2-3,5-6,8-9H,4,7,10H2,1H3,(H,22,23). The Kier molecular flexibility index (Phi) is 6.90. The molecule has 12 heteroatoms. The lowest BCUT2D eigenvalue weighted by Gasteiger charge is -2.14. The number of benzene rings is 1. The molecule has 1 aromatic carbocycles. The second kappa shape index (κ2) is 8.99. The average Bonchev–Trinajstić information content (AvgIpc) is 2.64. The Hall–Kier alpha value is -3.02. The number of carboxylic acids is 1. The molecular weight excluding hydrogens is 419 g/mol. The van der Waals surface area contributed by atoms with Crippen LogP contribution in [0.4, 0.5) is 13.2 Å². The number of nitrogens with zero attached hydrogens (tertiary/aromatic N) is 1. The second-order valence-corrected chi connectivity index (χ2v) is 7.17. The fraction of sp³-hybridized carbons (Fsp3) is 0.294. The van der Waals surface area contributed by atoms with Crippen molar-refractivity contribution in [2.45, 2.75) is 25.0 Å². The molecule has 0 bridgehead atoms. The molecule has 0 aliphatic heterocycles. The Labute approximate surface area is 164 Å². The van der Waals surface area contributed by atoms with Gasteiger partial charge in [0.1, 0.15) is 12.4 Å². The summed E-state index contributed by atoms with van der Waals surface area (Å²) in [6.45, 7) is -0.122. The summed E-state index contributed by atoms with van der Waals surface area (Å²) in [7, 11) is -4.47. The molecule has 0 amide bonds. The number of alkyl halides is 3. The largest absolute Gasteiger partial charge is 0.534 e. The summed E-state index contributed by atoms with van der Waals surface area (Å²) in [6.07, 6.45) is 0.475. The van der Waals surface area contributed by atoms with Crippen molar-refractivity contribution in [2.75, 3.05) is 7.11 Å². The third kappa shape index (κ3) is 6.24. The smallest absolute Gasteiger partial charge is 0.497 e. The molecule has 2 aromatic rings. The maximum atomic E-state index is 12.7. The summed E-state index contributed by atoms with van der Waals surface area (Å²) >= 11 is 0. The van der Waals surface area contributed by atoms with Crippen LogP contribution in [0, 0.1) is 0 Å². The minimum absolute atomic E-state index is 0.0246. The van der Waals surface area contributed by atoms with Gasteiger partial charge in [-0.05, 0) is 17.7 Å². The van der Waals surface area contributed by atoms with Gasteiger partial charge in [0.05, 0.1) is 19.7 Å². The lowest BCUT2D eigenvalue weighted by atomic mass is 10.2. The molecule has 1 heterocycles. The Morgan fingerprint density at radius 1 is 1.17 bits per heavy atom. The highest BCUT2D eigenvalue weighted by molar-refractivity contribution is 7.88. The number of carbonyl (C=O) groups is 1. The fourth-order valence-electron chi connectivity index (χ4n) is 2.06. The molecule has 2 rings (SSSR count). The topological polar surface area (TPSA) is 112 Å². The van der Waals surface area contributed by atoms with Crippen LogP contribution in [0.1, 0.15) is 17.7 Å². The molecular formula is C17H16F3NO7S. The Morgan fingerprint density at radius 3 is 2.38 bits per heavy atom. The number of carboxylic acid groups (broad SMARTS) is 1. The van der Waals surface area contributed by atoms with Gasteiger partial charge in [-0.1, -0.05) is 12.1 Å². The highest BCUT2D eigenvalue weighted by Crippen LogP contribution is 2.33. The van der Waals surface area contributed by atoms with Gasteiger partial charge < -0.3 is 18.8 Å². The van der Waals surface area contributed by atoms with Gasteiger partial charge in [0.25, 0.3) is 0 Å². The molecule has 0 atom stereocenters. The number of hydrogen-bond acceptors (Lipinski definition) is 7. The minimum atomic E-state index is -5.95. The van der Waals surface area contributed by atoms with E-state index in [1.165, 1.54) is 7.11 Å². The quantitative estimate of drug-likeness (QED) is 0.473. The first-order chi connectivity index (χ1) is 13.5. The summed E-state index contributed by atoms with van der Waals surface area (Å²) in [5.41, 5.74) is -5.01. The molecule has 1 aromatic heterocycles. The third-order valence-corrected chi connectivity index (χ3v) is 4.49. The molecule has 0 aliphatic carbocycles. The van der Waals surface area contributed by atoms with Crippen molar-refractivity contribution in [3.05, 3.63) is 47.8 Å². The van der Waals surface area contributed by atoms with Crippen molar-refractivity contribution in [3.63, 3.8) is 0 Å². The van der Waals surface area contributed by atoms with Crippen LogP contribution >= 0.6 is 0 Å². The lowest BCUT2D eigenvalue weighted by molar-refractivity contribution is -0.136.